The van der Waals surface area contributed by atoms with Crippen molar-refractivity contribution in [2.45, 2.75) is 19.4 Å². The zero-order valence-corrected chi connectivity index (χ0v) is 8.05. The molecule has 0 amide bonds. The standard InChI is InChI=1S/C8H9ClO4/c1-4-8(3,6(9)10)13-7(11)12-5-2/h1H,5H2,2-3H3. The molecule has 1 atom stereocenters. The summed E-state index contributed by atoms with van der Waals surface area (Å²) in [4.78, 5) is 21.5. The van der Waals surface area contributed by atoms with Gasteiger partial charge in [0.05, 0.1) is 6.61 Å². The highest BCUT2D eigenvalue weighted by molar-refractivity contribution is 6.65. The van der Waals surface area contributed by atoms with Crippen LogP contribution < -0.4 is 0 Å². The third-order valence-corrected chi connectivity index (χ3v) is 1.56. The van der Waals surface area contributed by atoms with Crippen LogP contribution in [0.25, 0.3) is 0 Å². The normalized spacial score (nSPS) is 13.7. The molecule has 0 spiro atoms. The van der Waals surface area contributed by atoms with Crippen molar-refractivity contribution in [1.29, 1.82) is 0 Å². The van der Waals surface area contributed by atoms with Crippen LogP contribution in [-0.2, 0) is 14.3 Å². The van der Waals surface area contributed by atoms with Crippen molar-refractivity contribution in [3.63, 3.8) is 0 Å². The van der Waals surface area contributed by atoms with Gasteiger partial charge in [-0.25, -0.2) is 4.79 Å². The van der Waals surface area contributed by atoms with Crippen LogP contribution in [0.4, 0.5) is 4.79 Å². The molecule has 0 fully saturated rings. The molecule has 0 aliphatic heterocycles. The number of hydrogen-bond acceptors (Lipinski definition) is 4. The van der Waals surface area contributed by atoms with E-state index in [1.807, 2.05) is 5.92 Å². The lowest BCUT2D eigenvalue weighted by Gasteiger charge is -2.18. The lowest BCUT2D eigenvalue weighted by Crippen LogP contribution is -2.36. The summed E-state index contributed by atoms with van der Waals surface area (Å²) in [5.41, 5.74) is -1.76. The van der Waals surface area contributed by atoms with Gasteiger partial charge in [0.15, 0.2) is 0 Å². The monoisotopic (exact) mass is 204 g/mol. The topological polar surface area (TPSA) is 52.6 Å². The highest BCUT2D eigenvalue weighted by Gasteiger charge is 2.34. The molecule has 0 aliphatic rings. The van der Waals surface area contributed by atoms with Gasteiger partial charge >= 0.3 is 6.16 Å². The van der Waals surface area contributed by atoms with Gasteiger partial charge in [-0.1, -0.05) is 0 Å². The fraction of sp³-hybridized carbons (Fsp3) is 0.500. The summed E-state index contributed by atoms with van der Waals surface area (Å²) in [5.74, 6) is 1.96. The predicted octanol–water partition coefficient (Wildman–Crippen LogP) is 1.32. The Morgan fingerprint density at radius 2 is 2.15 bits per heavy atom. The van der Waals surface area contributed by atoms with Crippen molar-refractivity contribution in [2.75, 3.05) is 6.61 Å². The average Bonchev–Trinajstić information content (AvgIpc) is 2.04. The molecule has 1 unspecified atom stereocenters. The van der Waals surface area contributed by atoms with Gasteiger partial charge in [0, 0.05) is 0 Å². The number of carbonyl (C=O) groups excluding carboxylic acids is 2. The van der Waals surface area contributed by atoms with Crippen LogP contribution in [0, 0.1) is 12.3 Å². The van der Waals surface area contributed by atoms with E-state index >= 15 is 0 Å². The second kappa shape index (κ2) is 4.73. The quantitative estimate of drug-likeness (QED) is 0.395. The van der Waals surface area contributed by atoms with Crippen LogP contribution in [0.15, 0.2) is 0 Å². The van der Waals surface area contributed by atoms with Gasteiger partial charge in [-0.3, -0.25) is 4.79 Å². The fourth-order valence-corrected chi connectivity index (χ4v) is 0.533. The molecule has 5 heteroatoms. The van der Waals surface area contributed by atoms with Crippen LogP contribution in [0.3, 0.4) is 0 Å². The first-order chi connectivity index (χ1) is 5.96. The van der Waals surface area contributed by atoms with Gasteiger partial charge in [-0.15, -0.1) is 6.42 Å². The van der Waals surface area contributed by atoms with Crippen molar-refractivity contribution in [1.82, 2.24) is 0 Å². The van der Waals surface area contributed by atoms with Crippen LogP contribution >= 0.6 is 11.6 Å². The molecule has 0 heterocycles. The lowest BCUT2D eigenvalue weighted by atomic mass is 10.1. The Balaban J connectivity index is 4.39. The first kappa shape index (κ1) is 11.8. The Morgan fingerprint density at radius 3 is 2.46 bits per heavy atom. The summed E-state index contributed by atoms with van der Waals surface area (Å²) in [6, 6.07) is 0. The van der Waals surface area contributed by atoms with Crippen molar-refractivity contribution in [3.05, 3.63) is 0 Å². The number of carbonyl (C=O) groups is 2. The Morgan fingerprint density at radius 1 is 1.62 bits per heavy atom. The Labute approximate surface area is 81.1 Å². The number of rotatable bonds is 3. The maximum absolute atomic E-state index is 10.8. The summed E-state index contributed by atoms with van der Waals surface area (Å²) in [6.07, 6.45) is 3.95. The van der Waals surface area contributed by atoms with Gasteiger partial charge in [0.25, 0.3) is 5.24 Å². The molecule has 0 saturated carbocycles. The highest BCUT2D eigenvalue weighted by Crippen LogP contribution is 2.14. The molecule has 0 saturated heterocycles. The van der Waals surface area contributed by atoms with E-state index in [1.165, 1.54) is 6.92 Å². The third kappa shape index (κ3) is 3.34. The fourth-order valence-electron chi connectivity index (χ4n) is 0.440. The van der Waals surface area contributed by atoms with E-state index in [4.69, 9.17) is 18.0 Å². The van der Waals surface area contributed by atoms with Crippen LogP contribution in [0.5, 0.6) is 0 Å². The molecular weight excluding hydrogens is 196 g/mol. The molecular formula is C8H9ClO4. The molecule has 13 heavy (non-hydrogen) atoms. The molecule has 0 radical (unpaired) electrons. The Hall–Kier alpha value is -1.21. The minimum Gasteiger partial charge on any atom is -0.435 e. The number of halogens is 1. The van der Waals surface area contributed by atoms with Crippen molar-refractivity contribution in [2.24, 2.45) is 0 Å². The zero-order valence-electron chi connectivity index (χ0n) is 7.30. The molecule has 4 nitrogen and oxygen atoms in total. The summed E-state index contributed by atoms with van der Waals surface area (Å²) in [5, 5.41) is -0.942. The van der Waals surface area contributed by atoms with Gasteiger partial charge in [0.1, 0.15) is 0 Å². The minimum absolute atomic E-state index is 0.135. The zero-order chi connectivity index (χ0) is 10.5. The Bertz CT molecular complexity index is 255. The van der Waals surface area contributed by atoms with E-state index in [9.17, 15) is 9.59 Å². The first-order valence-corrected chi connectivity index (χ1v) is 3.87. The molecule has 0 bridgehead atoms. The summed E-state index contributed by atoms with van der Waals surface area (Å²) in [7, 11) is 0. The van der Waals surface area contributed by atoms with Crippen molar-refractivity contribution >= 4 is 23.0 Å². The maximum Gasteiger partial charge on any atom is 0.510 e. The molecule has 0 rings (SSSR count). The van der Waals surface area contributed by atoms with E-state index in [-0.39, 0.29) is 6.61 Å². The largest absolute Gasteiger partial charge is 0.510 e. The molecule has 0 aromatic rings. The lowest BCUT2D eigenvalue weighted by molar-refractivity contribution is -0.124. The smallest absolute Gasteiger partial charge is 0.435 e. The van der Waals surface area contributed by atoms with Gasteiger partial charge in [-0.05, 0) is 31.4 Å². The molecule has 0 aliphatic carbocycles. The second-order valence-electron chi connectivity index (χ2n) is 2.24. The minimum atomic E-state index is -1.76. The molecule has 0 aromatic carbocycles. The highest BCUT2D eigenvalue weighted by atomic mass is 35.5. The first-order valence-electron chi connectivity index (χ1n) is 3.49. The molecule has 0 aromatic heterocycles. The SMILES string of the molecule is C#CC(C)(OC(=O)OCC)C(=O)Cl. The van der Waals surface area contributed by atoms with Crippen molar-refractivity contribution < 1.29 is 19.1 Å². The van der Waals surface area contributed by atoms with E-state index < -0.39 is 17.0 Å². The second-order valence-corrected chi connectivity index (χ2v) is 2.58. The number of terminal acetylenes is 1. The third-order valence-electron chi connectivity index (χ3n) is 1.20. The summed E-state index contributed by atoms with van der Waals surface area (Å²) >= 11 is 5.12. The van der Waals surface area contributed by atoms with E-state index in [0.717, 1.165) is 0 Å². The van der Waals surface area contributed by atoms with E-state index in [0.29, 0.717) is 0 Å². The van der Waals surface area contributed by atoms with E-state index in [1.54, 1.807) is 6.92 Å². The summed E-state index contributed by atoms with van der Waals surface area (Å²) in [6.45, 7) is 2.94. The molecule has 0 N–H and O–H groups in total. The predicted molar refractivity (Wildman–Crippen MR) is 46.2 cm³/mol. The average molecular weight is 205 g/mol. The number of ether oxygens (including phenoxy) is 2. The Kier molecular flexibility index (Phi) is 4.29. The van der Waals surface area contributed by atoms with Crippen molar-refractivity contribution in [3.8, 4) is 12.3 Å². The summed E-state index contributed by atoms with van der Waals surface area (Å²) < 4.78 is 8.93. The van der Waals surface area contributed by atoms with Crippen LogP contribution in [0.2, 0.25) is 0 Å². The van der Waals surface area contributed by atoms with E-state index in [2.05, 4.69) is 9.47 Å². The maximum atomic E-state index is 10.8. The molecule has 72 valence electrons. The van der Waals surface area contributed by atoms with Crippen LogP contribution in [0.1, 0.15) is 13.8 Å². The number of hydrogen-bond donors (Lipinski definition) is 0. The van der Waals surface area contributed by atoms with Gasteiger partial charge in [0.2, 0.25) is 5.60 Å². The van der Waals surface area contributed by atoms with Crippen LogP contribution in [-0.4, -0.2) is 23.6 Å². The van der Waals surface area contributed by atoms with Gasteiger partial charge < -0.3 is 9.47 Å². The van der Waals surface area contributed by atoms with Gasteiger partial charge in [-0.2, -0.15) is 0 Å².